The molecule has 0 aliphatic heterocycles. The highest BCUT2D eigenvalue weighted by molar-refractivity contribution is 5.99. The summed E-state index contributed by atoms with van der Waals surface area (Å²) >= 11 is 0. The van der Waals surface area contributed by atoms with Gasteiger partial charge in [-0.05, 0) is 38.5 Å². The number of nitrogens with two attached hydrogens (primary N) is 1. The van der Waals surface area contributed by atoms with Crippen molar-refractivity contribution in [1.82, 2.24) is 5.32 Å². The van der Waals surface area contributed by atoms with E-state index < -0.39 is 17.8 Å². The zero-order valence-electron chi connectivity index (χ0n) is 9.90. The maximum Gasteiger partial charge on any atom is 0.253 e. The van der Waals surface area contributed by atoms with Crippen LogP contribution in [-0.4, -0.2) is 23.2 Å². The van der Waals surface area contributed by atoms with Crippen LogP contribution in [0.3, 0.4) is 0 Å². The molecular weight excluding hydrogens is 223 g/mol. The Morgan fingerprint density at radius 1 is 1.53 bits per heavy atom. The molecule has 1 amide bonds. The fourth-order valence-corrected chi connectivity index (χ4v) is 1.60. The molecule has 0 saturated carbocycles. The minimum absolute atomic E-state index is 0.113. The second-order valence-electron chi connectivity index (χ2n) is 4.19. The van der Waals surface area contributed by atoms with Gasteiger partial charge in [0.15, 0.2) is 0 Å². The number of amides is 1. The lowest BCUT2D eigenvalue weighted by atomic mass is 10.1. The van der Waals surface area contributed by atoms with E-state index in [0.717, 1.165) is 6.07 Å². The highest BCUT2D eigenvalue weighted by Gasteiger charge is 2.14. The molecule has 0 saturated heterocycles. The Bertz CT molecular complexity index is 407. The molecule has 1 aromatic rings. The van der Waals surface area contributed by atoms with Gasteiger partial charge in [-0.15, -0.1) is 0 Å². The first-order valence-electron chi connectivity index (χ1n) is 5.44. The van der Waals surface area contributed by atoms with Gasteiger partial charge in [-0.3, -0.25) is 4.79 Å². The summed E-state index contributed by atoms with van der Waals surface area (Å²) in [5, 5.41) is 11.8. The lowest BCUT2D eigenvalue weighted by molar-refractivity contribution is 0.0923. The number of carbonyl (C=O) groups excluding carboxylic acids is 1. The molecule has 17 heavy (non-hydrogen) atoms. The van der Waals surface area contributed by atoms with Crippen molar-refractivity contribution in [2.75, 3.05) is 5.73 Å². The molecule has 5 heteroatoms. The van der Waals surface area contributed by atoms with Crippen LogP contribution in [0.2, 0.25) is 0 Å². The molecule has 4 N–H and O–H groups in total. The summed E-state index contributed by atoms with van der Waals surface area (Å²) < 4.78 is 13.0. The van der Waals surface area contributed by atoms with Crippen LogP contribution < -0.4 is 11.1 Å². The summed E-state index contributed by atoms with van der Waals surface area (Å²) in [4.78, 5) is 11.8. The molecular formula is C12H17FN2O2. The van der Waals surface area contributed by atoms with Crippen LogP contribution in [0.1, 0.15) is 30.6 Å². The number of aliphatic hydroxyl groups is 1. The van der Waals surface area contributed by atoms with Crippen LogP contribution in [0.4, 0.5) is 10.1 Å². The lowest BCUT2D eigenvalue weighted by Gasteiger charge is -2.16. The van der Waals surface area contributed by atoms with Gasteiger partial charge in [0.2, 0.25) is 0 Å². The number of halogens is 1. The summed E-state index contributed by atoms with van der Waals surface area (Å²) in [5.74, 6) is -0.942. The second-order valence-corrected chi connectivity index (χ2v) is 4.19. The van der Waals surface area contributed by atoms with Crippen molar-refractivity contribution in [3.8, 4) is 0 Å². The maximum atomic E-state index is 13.0. The van der Waals surface area contributed by atoms with Crippen LogP contribution in [0.5, 0.6) is 0 Å². The predicted octanol–water partition coefficient (Wildman–Crippen LogP) is 1.30. The average Bonchev–Trinajstić information content (AvgIpc) is 2.20. The van der Waals surface area contributed by atoms with Crippen LogP contribution >= 0.6 is 0 Å². The smallest absolute Gasteiger partial charge is 0.253 e. The average molecular weight is 240 g/mol. The molecule has 1 rings (SSSR count). The lowest BCUT2D eigenvalue weighted by Crippen LogP contribution is -2.35. The minimum atomic E-state index is -0.507. The molecule has 0 radical (unpaired) electrons. The molecule has 2 unspecified atom stereocenters. The monoisotopic (exact) mass is 240 g/mol. The fraction of sp³-hybridized carbons (Fsp3) is 0.417. The summed E-state index contributed by atoms with van der Waals surface area (Å²) in [6.45, 7) is 3.40. The number of rotatable bonds is 4. The zero-order chi connectivity index (χ0) is 13.0. The molecule has 94 valence electrons. The molecule has 0 aliphatic carbocycles. The molecule has 2 atom stereocenters. The molecule has 4 nitrogen and oxygen atoms in total. The van der Waals surface area contributed by atoms with Gasteiger partial charge in [0.1, 0.15) is 5.82 Å². The number of carbonyl (C=O) groups is 1. The van der Waals surface area contributed by atoms with Crippen molar-refractivity contribution in [3.63, 3.8) is 0 Å². The number of aliphatic hydroxyl groups excluding tert-OH is 1. The Labute approximate surface area is 99.6 Å². The van der Waals surface area contributed by atoms with Crippen LogP contribution in [0.15, 0.2) is 18.2 Å². The normalized spacial score (nSPS) is 14.1. The first-order valence-corrected chi connectivity index (χ1v) is 5.44. The summed E-state index contributed by atoms with van der Waals surface area (Å²) in [6, 6.07) is 3.44. The molecule has 0 heterocycles. The summed E-state index contributed by atoms with van der Waals surface area (Å²) in [5.41, 5.74) is 5.93. The Morgan fingerprint density at radius 2 is 2.18 bits per heavy atom. The van der Waals surface area contributed by atoms with E-state index in [4.69, 9.17) is 10.8 Å². The summed E-state index contributed by atoms with van der Waals surface area (Å²) in [6.07, 6.45) is -0.0730. The third kappa shape index (κ3) is 4.03. The molecule has 0 aromatic heterocycles. The first kappa shape index (κ1) is 13.4. The SMILES string of the molecule is CC(O)CC(C)NC(=O)c1cc(F)ccc1N. The van der Waals surface area contributed by atoms with Gasteiger partial charge >= 0.3 is 0 Å². The van der Waals surface area contributed by atoms with E-state index >= 15 is 0 Å². The quantitative estimate of drug-likeness (QED) is 0.694. The molecule has 0 bridgehead atoms. The minimum Gasteiger partial charge on any atom is -0.398 e. The highest BCUT2D eigenvalue weighted by atomic mass is 19.1. The van der Waals surface area contributed by atoms with Crippen molar-refractivity contribution in [1.29, 1.82) is 0 Å². The van der Waals surface area contributed by atoms with Gasteiger partial charge in [0.25, 0.3) is 5.91 Å². The maximum absolute atomic E-state index is 13.0. The molecule has 0 fully saturated rings. The van der Waals surface area contributed by atoms with Gasteiger partial charge in [0, 0.05) is 11.7 Å². The van der Waals surface area contributed by atoms with Crippen LogP contribution in [0.25, 0.3) is 0 Å². The van der Waals surface area contributed by atoms with Gasteiger partial charge < -0.3 is 16.2 Å². The highest BCUT2D eigenvalue weighted by Crippen LogP contribution is 2.13. The Hall–Kier alpha value is -1.62. The van der Waals surface area contributed by atoms with E-state index in [9.17, 15) is 9.18 Å². The van der Waals surface area contributed by atoms with E-state index in [2.05, 4.69) is 5.32 Å². The molecule has 0 aliphatic rings. The standard InChI is InChI=1S/C12H17FN2O2/c1-7(5-8(2)16)15-12(17)10-6-9(13)3-4-11(10)14/h3-4,6-8,16H,5,14H2,1-2H3,(H,15,17). The van der Waals surface area contributed by atoms with E-state index in [-0.39, 0.29) is 17.3 Å². The van der Waals surface area contributed by atoms with Crippen molar-refractivity contribution in [2.24, 2.45) is 0 Å². The third-order valence-electron chi connectivity index (χ3n) is 2.33. The summed E-state index contributed by atoms with van der Waals surface area (Å²) in [7, 11) is 0. The van der Waals surface area contributed by atoms with Gasteiger partial charge in [-0.2, -0.15) is 0 Å². The third-order valence-corrected chi connectivity index (χ3v) is 2.33. The number of benzene rings is 1. The molecule has 0 spiro atoms. The van der Waals surface area contributed by atoms with Crippen molar-refractivity contribution in [2.45, 2.75) is 32.4 Å². The zero-order valence-corrected chi connectivity index (χ0v) is 9.90. The predicted molar refractivity (Wildman–Crippen MR) is 64.0 cm³/mol. The Balaban J connectivity index is 2.73. The number of anilines is 1. The fourth-order valence-electron chi connectivity index (χ4n) is 1.60. The van der Waals surface area contributed by atoms with Gasteiger partial charge in [0.05, 0.1) is 11.7 Å². The second kappa shape index (κ2) is 5.63. The number of hydrogen-bond acceptors (Lipinski definition) is 3. The largest absolute Gasteiger partial charge is 0.398 e. The number of nitrogen functional groups attached to an aromatic ring is 1. The number of hydrogen-bond donors (Lipinski definition) is 3. The van der Waals surface area contributed by atoms with Crippen LogP contribution in [0, 0.1) is 5.82 Å². The topological polar surface area (TPSA) is 75.3 Å². The van der Waals surface area contributed by atoms with E-state index in [1.165, 1.54) is 12.1 Å². The Morgan fingerprint density at radius 3 is 2.76 bits per heavy atom. The van der Waals surface area contributed by atoms with Gasteiger partial charge in [-0.1, -0.05) is 0 Å². The first-order chi connectivity index (χ1) is 7.90. The van der Waals surface area contributed by atoms with Gasteiger partial charge in [-0.25, -0.2) is 4.39 Å². The number of nitrogens with one attached hydrogen (secondary N) is 1. The van der Waals surface area contributed by atoms with Crippen molar-refractivity contribution < 1.29 is 14.3 Å². The Kier molecular flexibility index (Phi) is 4.45. The van der Waals surface area contributed by atoms with E-state index in [1.54, 1.807) is 13.8 Å². The molecule has 1 aromatic carbocycles. The van der Waals surface area contributed by atoms with Crippen molar-refractivity contribution in [3.05, 3.63) is 29.6 Å². The van der Waals surface area contributed by atoms with Crippen LogP contribution in [-0.2, 0) is 0 Å². The van der Waals surface area contributed by atoms with Crippen molar-refractivity contribution >= 4 is 11.6 Å². The van der Waals surface area contributed by atoms with E-state index in [0.29, 0.717) is 6.42 Å². The van der Waals surface area contributed by atoms with E-state index in [1.807, 2.05) is 0 Å².